The van der Waals surface area contributed by atoms with Crippen molar-refractivity contribution in [2.45, 2.75) is 20.4 Å². The van der Waals surface area contributed by atoms with Crippen LogP contribution in [0.25, 0.3) is 0 Å². The maximum absolute atomic E-state index is 10.8. The van der Waals surface area contributed by atoms with Crippen LogP contribution in [0.1, 0.15) is 26.4 Å². The van der Waals surface area contributed by atoms with Crippen LogP contribution in [0.2, 0.25) is 0 Å². The molecule has 0 aliphatic carbocycles. The molecule has 0 radical (unpaired) electrons. The summed E-state index contributed by atoms with van der Waals surface area (Å²) in [6.45, 7) is 4.81. The SMILES string of the molecule is Cc1cccc(NCc2cc(C(=O)O)cs2)c1C. The zero-order chi connectivity index (χ0) is 13.1. The van der Waals surface area contributed by atoms with Crippen molar-refractivity contribution in [2.75, 3.05) is 5.32 Å². The van der Waals surface area contributed by atoms with Crippen LogP contribution >= 0.6 is 11.3 Å². The monoisotopic (exact) mass is 261 g/mol. The van der Waals surface area contributed by atoms with Crippen molar-refractivity contribution in [1.82, 2.24) is 0 Å². The molecule has 0 fully saturated rings. The maximum atomic E-state index is 10.8. The van der Waals surface area contributed by atoms with Crippen LogP contribution in [-0.4, -0.2) is 11.1 Å². The lowest BCUT2D eigenvalue weighted by atomic mass is 10.1. The molecule has 2 N–H and O–H groups in total. The molecule has 0 unspecified atom stereocenters. The van der Waals surface area contributed by atoms with Crippen molar-refractivity contribution in [3.63, 3.8) is 0 Å². The van der Waals surface area contributed by atoms with Crippen LogP contribution in [0.5, 0.6) is 0 Å². The summed E-state index contributed by atoms with van der Waals surface area (Å²) in [7, 11) is 0. The highest BCUT2D eigenvalue weighted by molar-refractivity contribution is 7.10. The summed E-state index contributed by atoms with van der Waals surface area (Å²) in [5.41, 5.74) is 3.93. The molecule has 0 atom stereocenters. The van der Waals surface area contributed by atoms with Gasteiger partial charge in [0, 0.05) is 22.5 Å². The molecule has 1 aromatic heterocycles. The van der Waals surface area contributed by atoms with E-state index in [4.69, 9.17) is 5.11 Å². The fourth-order valence-corrected chi connectivity index (χ4v) is 2.51. The number of aromatic carboxylic acids is 1. The Morgan fingerprint density at radius 2 is 2.17 bits per heavy atom. The van der Waals surface area contributed by atoms with E-state index in [9.17, 15) is 4.79 Å². The quantitative estimate of drug-likeness (QED) is 0.882. The lowest BCUT2D eigenvalue weighted by Crippen LogP contribution is -2.00. The standard InChI is InChI=1S/C14H15NO2S/c1-9-4-3-5-13(10(9)2)15-7-12-6-11(8-18-12)14(16)17/h3-6,8,15H,7H2,1-2H3,(H,16,17). The van der Waals surface area contributed by atoms with Crippen molar-refractivity contribution in [3.8, 4) is 0 Å². The van der Waals surface area contributed by atoms with E-state index in [2.05, 4.69) is 25.2 Å². The molecule has 0 aliphatic rings. The van der Waals surface area contributed by atoms with E-state index in [1.807, 2.05) is 12.1 Å². The van der Waals surface area contributed by atoms with Gasteiger partial charge in [-0.05, 0) is 37.1 Å². The number of aryl methyl sites for hydroxylation is 1. The van der Waals surface area contributed by atoms with E-state index in [1.54, 1.807) is 11.4 Å². The van der Waals surface area contributed by atoms with Gasteiger partial charge in [0.2, 0.25) is 0 Å². The molecule has 18 heavy (non-hydrogen) atoms. The largest absolute Gasteiger partial charge is 0.478 e. The van der Waals surface area contributed by atoms with E-state index in [-0.39, 0.29) is 0 Å². The summed E-state index contributed by atoms with van der Waals surface area (Å²) in [4.78, 5) is 11.8. The number of rotatable bonds is 4. The van der Waals surface area contributed by atoms with Crippen molar-refractivity contribution >= 4 is 23.0 Å². The second-order valence-electron chi connectivity index (χ2n) is 4.21. The average Bonchev–Trinajstić information content (AvgIpc) is 2.80. The molecule has 3 nitrogen and oxygen atoms in total. The molecule has 0 aliphatic heterocycles. The first-order valence-corrected chi connectivity index (χ1v) is 6.56. The van der Waals surface area contributed by atoms with Crippen LogP contribution < -0.4 is 5.32 Å². The highest BCUT2D eigenvalue weighted by Gasteiger charge is 2.06. The van der Waals surface area contributed by atoms with Crippen molar-refractivity contribution in [1.29, 1.82) is 0 Å². The minimum atomic E-state index is -0.871. The van der Waals surface area contributed by atoms with Gasteiger partial charge in [0.15, 0.2) is 0 Å². The fraction of sp³-hybridized carbons (Fsp3) is 0.214. The predicted molar refractivity (Wildman–Crippen MR) is 74.5 cm³/mol. The van der Waals surface area contributed by atoms with Gasteiger partial charge in [-0.15, -0.1) is 11.3 Å². The number of carboxylic acids is 1. The van der Waals surface area contributed by atoms with Crippen LogP contribution in [0.15, 0.2) is 29.6 Å². The lowest BCUT2D eigenvalue weighted by Gasteiger charge is -2.10. The van der Waals surface area contributed by atoms with E-state index in [0.29, 0.717) is 12.1 Å². The third kappa shape index (κ3) is 2.71. The molecular formula is C14H15NO2S. The Morgan fingerprint density at radius 3 is 2.83 bits per heavy atom. The highest BCUT2D eigenvalue weighted by atomic mass is 32.1. The molecule has 0 spiro atoms. The van der Waals surface area contributed by atoms with Crippen LogP contribution in [0, 0.1) is 13.8 Å². The Labute approximate surface area is 110 Å². The molecule has 94 valence electrons. The van der Waals surface area contributed by atoms with Crippen molar-refractivity contribution < 1.29 is 9.90 Å². The summed E-state index contributed by atoms with van der Waals surface area (Å²) < 4.78 is 0. The Kier molecular flexibility index (Phi) is 3.67. The number of carboxylic acid groups (broad SMARTS) is 1. The molecule has 0 saturated carbocycles. The number of nitrogens with one attached hydrogen (secondary N) is 1. The Balaban J connectivity index is 2.07. The predicted octanol–water partition coefficient (Wildman–Crippen LogP) is 3.68. The van der Waals surface area contributed by atoms with Gasteiger partial charge in [-0.2, -0.15) is 0 Å². The maximum Gasteiger partial charge on any atom is 0.336 e. The van der Waals surface area contributed by atoms with Gasteiger partial charge in [-0.25, -0.2) is 4.79 Å². The zero-order valence-electron chi connectivity index (χ0n) is 10.4. The Hall–Kier alpha value is -1.81. The van der Waals surface area contributed by atoms with Crippen LogP contribution in [-0.2, 0) is 6.54 Å². The summed E-state index contributed by atoms with van der Waals surface area (Å²) in [5, 5.41) is 13.9. The molecule has 0 amide bonds. The Morgan fingerprint density at radius 1 is 1.39 bits per heavy atom. The number of hydrogen-bond donors (Lipinski definition) is 2. The first-order valence-electron chi connectivity index (χ1n) is 5.68. The molecule has 1 aromatic carbocycles. The van der Waals surface area contributed by atoms with Crippen molar-refractivity contribution in [2.24, 2.45) is 0 Å². The molecular weight excluding hydrogens is 246 g/mol. The van der Waals surface area contributed by atoms with Crippen molar-refractivity contribution in [3.05, 3.63) is 51.2 Å². The third-order valence-electron chi connectivity index (χ3n) is 2.96. The molecule has 2 rings (SSSR count). The minimum Gasteiger partial charge on any atom is -0.478 e. The van der Waals surface area contributed by atoms with Gasteiger partial charge >= 0.3 is 5.97 Å². The van der Waals surface area contributed by atoms with Gasteiger partial charge in [0.05, 0.1) is 5.56 Å². The molecule has 4 heteroatoms. The fourth-order valence-electron chi connectivity index (χ4n) is 1.71. The van der Waals surface area contributed by atoms with Crippen LogP contribution in [0.3, 0.4) is 0 Å². The second kappa shape index (κ2) is 5.23. The summed E-state index contributed by atoms with van der Waals surface area (Å²) in [6.07, 6.45) is 0. The molecule has 2 aromatic rings. The summed E-state index contributed by atoms with van der Waals surface area (Å²) >= 11 is 1.46. The van der Waals surface area contributed by atoms with E-state index in [1.165, 1.54) is 22.5 Å². The van der Waals surface area contributed by atoms with E-state index < -0.39 is 5.97 Å². The van der Waals surface area contributed by atoms with Gasteiger partial charge in [0.1, 0.15) is 0 Å². The summed E-state index contributed by atoms with van der Waals surface area (Å²) in [5.74, 6) is -0.871. The topological polar surface area (TPSA) is 49.3 Å². The zero-order valence-corrected chi connectivity index (χ0v) is 11.2. The smallest absolute Gasteiger partial charge is 0.336 e. The van der Waals surface area contributed by atoms with Gasteiger partial charge < -0.3 is 10.4 Å². The van der Waals surface area contributed by atoms with E-state index in [0.717, 1.165) is 10.6 Å². The summed E-state index contributed by atoms with van der Waals surface area (Å²) in [6, 6.07) is 7.84. The minimum absolute atomic E-state index is 0.359. The van der Waals surface area contributed by atoms with Gasteiger partial charge in [-0.3, -0.25) is 0 Å². The average molecular weight is 261 g/mol. The van der Waals surface area contributed by atoms with E-state index >= 15 is 0 Å². The highest BCUT2D eigenvalue weighted by Crippen LogP contribution is 2.21. The first kappa shape index (κ1) is 12.6. The lowest BCUT2D eigenvalue weighted by molar-refractivity contribution is 0.0697. The number of carbonyl (C=O) groups is 1. The number of thiophene rings is 1. The second-order valence-corrected chi connectivity index (χ2v) is 5.20. The third-order valence-corrected chi connectivity index (χ3v) is 3.90. The Bertz CT molecular complexity index is 575. The van der Waals surface area contributed by atoms with Crippen LogP contribution in [0.4, 0.5) is 5.69 Å². The number of anilines is 1. The number of hydrogen-bond acceptors (Lipinski definition) is 3. The normalized spacial score (nSPS) is 10.3. The molecule has 1 heterocycles. The molecule has 0 bridgehead atoms. The van der Waals surface area contributed by atoms with Gasteiger partial charge in [-0.1, -0.05) is 12.1 Å². The molecule has 0 saturated heterocycles. The van der Waals surface area contributed by atoms with Gasteiger partial charge in [0.25, 0.3) is 0 Å². The number of benzene rings is 1. The first-order chi connectivity index (χ1) is 8.58.